The Hall–Kier alpha value is -2.53. The maximum Gasteiger partial charge on any atom is 0.254 e. The average Bonchev–Trinajstić information content (AvgIpc) is 2.74. The number of carbonyl (C=O) groups excluding carboxylic acids is 1. The molecule has 1 saturated heterocycles. The topological polar surface area (TPSA) is 50.8 Å². The van der Waals surface area contributed by atoms with E-state index < -0.39 is 0 Å². The van der Waals surface area contributed by atoms with Crippen LogP contribution in [-0.2, 0) is 6.54 Å². The summed E-state index contributed by atoms with van der Waals surface area (Å²) in [5.74, 6) is 2.10. The molecule has 1 atom stereocenters. The molecule has 0 aromatic heterocycles. The summed E-state index contributed by atoms with van der Waals surface area (Å²) in [6.45, 7) is 3.92. The van der Waals surface area contributed by atoms with Gasteiger partial charge in [-0.3, -0.25) is 4.79 Å². The van der Waals surface area contributed by atoms with E-state index in [0.29, 0.717) is 25.6 Å². The van der Waals surface area contributed by atoms with Gasteiger partial charge in [-0.2, -0.15) is 0 Å². The van der Waals surface area contributed by atoms with E-state index >= 15 is 0 Å². The Labute approximate surface area is 166 Å². The van der Waals surface area contributed by atoms with E-state index in [0.717, 1.165) is 42.1 Å². The summed E-state index contributed by atoms with van der Waals surface area (Å²) in [7, 11) is 1.64. The molecule has 5 heteroatoms. The first-order valence-electron chi connectivity index (χ1n) is 10.1. The van der Waals surface area contributed by atoms with Gasteiger partial charge in [0.25, 0.3) is 5.91 Å². The lowest BCUT2D eigenvalue weighted by atomic mass is 9.91. The fraction of sp³-hybridized carbons (Fsp3) is 0.435. The van der Waals surface area contributed by atoms with Gasteiger partial charge in [0.15, 0.2) is 11.5 Å². The standard InChI is InChI=1S/C23H28N2O3/c1-27-21-7-2-5-20-16-25(13-4-14-28-22(20)21)23(26)18-10-8-17(9-11-18)19-6-3-12-24-15-19/h2,5,7-11,19,24H,3-4,6,12-16H2,1H3/t19-/m1/s1. The van der Waals surface area contributed by atoms with Crippen LogP contribution in [0.15, 0.2) is 42.5 Å². The number of nitrogens with zero attached hydrogens (tertiary/aromatic N) is 1. The Balaban J connectivity index is 1.52. The fourth-order valence-corrected chi connectivity index (χ4v) is 4.11. The highest BCUT2D eigenvalue weighted by Crippen LogP contribution is 2.33. The van der Waals surface area contributed by atoms with Crippen molar-refractivity contribution in [2.45, 2.75) is 31.7 Å². The summed E-state index contributed by atoms with van der Waals surface area (Å²) in [5, 5.41) is 3.46. The second-order valence-electron chi connectivity index (χ2n) is 7.54. The number of benzene rings is 2. The molecule has 0 unspecified atom stereocenters. The van der Waals surface area contributed by atoms with Crippen molar-refractivity contribution in [1.82, 2.24) is 10.2 Å². The van der Waals surface area contributed by atoms with Gasteiger partial charge >= 0.3 is 0 Å². The number of para-hydroxylation sites is 1. The SMILES string of the molecule is COc1cccc2c1OCCCN(C(=O)c1ccc([C@@H]3CCCNC3)cc1)C2. The van der Waals surface area contributed by atoms with Crippen molar-refractivity contribution in [3.63, 3.8) is 0 Å². The van der Waals surface area contributed by atoms with Crippen molar-refractivity contribution >= 4 is 5.91 Å². The molecule has 5 nitrogen and oxygen atoms in total. The highest BCUT2D eigenvalue weighted by Gasteiger charge is 2.22. The van der Waals surface area contributed by atoms with Crippen LogP contribution < -0.4 is 14.8 Å². The van der Waals surface area contributed by atoms with Crippen LogP contribution in [0.3, 0.4) is 0 Å². The molecule has 2 aromatic carbocycles. The van der Waals surface area contributed by atoms with Crippen LogP contribution >= 0.6 is 0 Å². The molecule has 28 heavy (non-hydrogen) atoms. The van der Waals surface area contributed by atoms with Crippen LogP contribution in [0.4, 0.5) is 0 Å². The molecule has 1 fully saturated rings. The summed E-state index contributed by atoms with van der Waals surface area (Å²) < 4.78 is 11.3. The molecule has 2 heterocycles. The Kier molecular flexibility index (Phi) is 5.81. The van der Waals surface area contributed by atoms with Gasteiger partial charge in [0.2, 0.25) is 0 Å². The van der Waals surface area contributed by atoms with Crippen LogP contribution in [-0.4, -0.2) is 44.2 Å². The molecule has 1 amide bonds. The van der Waals surface area contributed by atoms with Crippen molar-refractivity contribution in [1.29, 1.82) is 0 Å². The average molecular weight is 380 g/mol. The largest absolute Gasteiger partial charge is 0.493 e. The van der Waals surface area contributed by atoms with Crippen molar-refractivity contribution in [3.05, 3.63) is 59.2 Å². The van der Waals surface area contributed by atoms with Crippen LogP contribution in [0.2, 0.25) is 0 Å². The Morgan fingerprint density at radius 2 is 2.04 bits per heavy atom. The number of piperidine rings is 1. The number of carbonyl (C=O) groups is 1. The van der Waals surface area contributed by atoms with E-state index in [1.807, 2.05) is 35.2 Å². The number of hydrogen-bond donors (Lipinski definition) is 1. The van der Waals surface area contributed by atoms with Crippen molar-refractivity contribution in [2.24, 2.45) is 0 Å². The maximum absolute atomic E-state index is 13.2. The number of methoxy groups -OCH3 is 1. The molecule has 0 radical (unpaired) electrons. The zero-order chi connectivity index (χ0) is 19.3. The molecule has 0 bridgehead atoms. The third-order valence-corrected chi connectivity index (χ3v) is 5.67. The molecule has 2 aromatic rings. The number of ether oxygens (including phenoxy) is 2. The minimum absolute atomic E-state index is 0.0731. The fourth-order valence-electron chi connectivity index (χ4n) is 4.11. The van der Waals surface area contributed by atoms with E-state index in [1.165, 1.54) is 18.4 Å². The van der Waals surface area contributed by atoms with Crippen LogP contribution in [0.25, 0.3) is 0 Å². The summed E-state index contributed by atoms with van der Waals surface area (Å²) >= 11 is 0. The first kappa shape index (κ1) is 18.8. The maximum atomic E-state index is 13.2. The molecule has 1 N–H and O–H groups in total. The lowest BCUT2D eigenvalue weighted by molar-refractivity contribution is 0.0721. The van der Waals surface area contributed by atoms with E-state index in [9.17, 15) is 4.79 Å². The van der Waals surface area contributed by atoms with Gasteiger partial charge in [0, 0.05) is 30.8 Å². The zero-order valence-electron chi connectivity index (χ0n) is 16.4. The number of amides is 1. The minimum atomic E-state index is 0.0731. The van der Waals surface area contributed by atoms with Crippen LogP contribution in [0, 0.1) is 0 Å². The highest BCUT2D eigenvalue weighted by atomic mass is 16.5. The summed E-state index contributed by atoms with van der Waals surface area (Å²) in [5.41, 5.74) is 3.05. The molecule has 2 aliphatic heterocycles. The van der Waals surface area contributed by atoms with E-state index in [1.54, 1.807) is 7.11 Å². The predicted molar refractivity (Wildman–Crippen MR) is 109 cm³/mol. The molecule has 0 saturated carbocycles. The first-order valence-corrected chi connectivity index (χ1v) is 10.1. The summed E-state index contributed by atoms with van der Waals surface area (Å²) in [6.07, 6.45) is 3.23. The van der Waals surface area contributed by atoms with Crippen LogP contribution in [0.1, 0.15) is 46.7 Å². The zero-order valence-corrected chi connectivity index (χ0v) is 16.4. The van der Waals surface area contributed by atoms with Crippen molar-refractivity contribution < 1.29 is 14.3 Å². The number of fused-ring (bicyclic) bond motifs is 1. The molecule has 0 spiro atoms. The van der Waals surface area contributed by atoms with Gasteiger partial charge in [0.05, 0.1) is 13.7 Å². The first-order chi connectivity index (χ1) is 13.8. The summed E-state index contributed by atoms with van der Waals surface area (Å²) in [4.78, 5) is 15.1. The smallest absolute Gasteiger partial charge is 0.254 e. The van der Waals surface area contributed by atoms with Crippen molar-refractivity contribution in [2.75, 3.05) is 33.4 Å². The van der Waals surface area contributed by atoms with Gasteiger partial charge in [-0.25, -0.2) is 0 Å². The Morgan fingerprint density at radius 3 is 2.79 bits per heavy atom. The van der Waals surface area contributed by atoms with E-state index in [-0.39, 0.29) is 5.91 Å². The molecular formula is C23H28N2O3. The van der Waals surface area contributed by atoms with Gasteiger partial charge in [-0.05, 0) is 55.5 Å². The lowest BCUT2D eigenvalue weighted by Crippen LogP contribution is -2.33. The minimum Gasteiger partial charge on any atom is -0.493 e. The van der Waals surface area contributed by atoms with Crippen LogP contribution in [0.5, 0.6) is 11.5 Å². The van der Waals surface area contributed by atoms with Gasteiger partial charge in [0.1, 0.15) is 0 Å². The second-order valence-corrected chi connectivity index (χ2v) is 7.54. The summed E-state index contributed by atoms with van der Waals surface area (Å²) in [6, 6.07) is 14.0. The van der Waals surface area contributed by atoms with Gasteiger partial charge in [-0.15, -0.1) is 0 Å². The third-order valence-electron chi connectivity index (χ3n) is 5.67. The van der Waals surface area contributed by atoms with E-state index in [4.69, 9.17) is 9.47 Å². The second kappa shape index (κ2) is 8.65. The monoisotopic (exact) mass is 380 g/mol. The Bertz CT molecular complexity index is 813. The highest BCUT2D eigenvalue weighted by molar-refractivity contribution is 5.94. The normalized spacial score (nSPS) is 19.8. The van der Waals surface area contributed by atoms with Gasteiger partial charge in [-0.1, -0.05) is 24.3 Å². The quantitative estimate of drug-likeness (QED) is 0.884. The predicted octanol–water partition coefficient (Wildman–Crippen LogP) is 3.59. The molecule has 4 rings (SSSR count). The number of rotatable bonds is 3. The molecule has 148 valence electrons. The van der Waals surface area contributed by atoms with Gasteiger partial charge < -0.3 is 19.7 Å². The Morgan fingerprint density at radius 1 is 1.18 bits per heavy atom. The third kappa shape index (κ3) is 3.99. The number of hydrogen-bond acceptors (Lipinski definition) is 4. The molecular weight excluding hydrogens is 352 g/mol. The lowest BCUT2D eigenvalue weighted by Gasteiger charge is -2.28. The number of nitrogens with one attached hydrogen (secondary N) is 1. The molecule has 0 aliphatic carbocycles. The van der Waals surface area contributed by atoms with Crippen molar-refractivity contribution in [3.8, 4) is 11.5 Å². The molecule has 2 aliphatic rings. The van der Waals surface area contributed by atoms with E-state index in [2.05, 4.69) is 17.4 Å².